The first-order valence-corrected chi connectivity index (χ1v) is 5.76. The first-order valence-electron chi connectivity index (χ1n) is 5.76. The molecular weight excluding hydrogens is 210 g/mol. The standard InChI is InChI=1S/C14H17N3/c1-10-11(2)16-14(17-12(10)3)15-9-13-7-5-4-6-8-13/h4-8H,9H2,1-3H3,(H,15,16,17). The van der Waals surface area contributed by atoms with Crippen LogP contribution in [0, 0.1) is 20.8 Å². The van der Waals surface area contributed by atoms with Crippen LogP contribution in [0.1, 0.15) is 22.5 Å². The SMILES string of the molecule is Cc1nc(NCc2ccccc2)nc(C)c1C. The summed E-state index contributed by atoms with van der Waals surface area (Å²) < 4.78 is 0. The zero-order valence-electron chi connectivity index (χ0n) is 10.5. The quantitative estimate of drug-likeness (QED) is 0.875. The van der Waals surface area contributed by atoms with Gasteiger partial charge in [-0.1, -0.05) is 30.3 Å². The maximum atomic E-state index is 4.43. The molecule has 2 aromatic rings. The van der Waals surface area contributed by atoms with E-state index < -0.39 is 0 Å². The summed E-state index contributed by atoms with van der Waals surface area (Å²) >= 11 is 0. The van der Waals surface area contributed by atoms with Crippen LogP contribution in [0.4, 0.5) is 5.95 Å². The van der Waals surface area contributed by atoms with Crippen LogP contribution in [0.15, 0.2) is 30.3 Å². The van der Waals surface area contributed by atoms with Crippen molar-refractivity contribution in [3.63, 3.8) is 0 Å². The van der Waals surface area contributed by atoms with Crippen LogP contribution in [0.5, 0.6) is 0 Å². The summed E-state index contributed by atoms with van der Waals surface area (Å²) in [6, 6.07) is 10.2. The van der Waals surface area contributed by atoms with E-state index in [1.165, 1.54) is 5.56 Å². The van der Waals surface area contributed by atoms with Gasteiger partial charge in [-0.25, -0.2) is 9.97 Å². The normalized spacial score (nSPS) is 10.3. The van der Waals surface area contributed by atoms with Gasteiger partial charge in [0, 0.05) is 17.9 Å². The van der Waals surface area contributed by atoms with Gasteiger partial charge in [-0.15, -0.1) is 0 Å². The van der Waals surface area contributed by atoms with Crippen molar-refractivity contribution in [1.82, 2.24) is 9.97 Å². The summed E-state index contributed by atoms with van der Waals surface area (Å²) in [6.07, 6.45) is 0. The minimum atomic E-state index is 0.703. The van der Waals surface area contributed by atoms with Crippen molar-refractivity contribution in [1.29, 1.82) is 0 Å². The molecule has 1 heterocycles. The number of nitrogens with one attached hydrogen (secondary N) is 1. The van der Waals surface area contributed by atoms with E-state index in [1.54, 1.807) is 0 Å². The van der Waals surface area contributed by atoms with E-state index >= 15 is 0 Å². The fourth-order valence-corrected chi connectivity index (χ4v) is 1.63. The highest BCUT2D eigenvalue weighted by Crippen LogP contribution is 2.11. The maximum Gasteiger partial charge on any atom is 0.223 e. The van der Waals surface area contributed by atoms with Gasteiger partial charge in [0.05, 0.1) is 0 Å². The van der Waals surface area contributed by atoms with Crippen molar-refractivity contribution < 1.29 is 0 Å². The number of benzene rings is 1. The smallest absolute Gasteiger partial charge is 0.223 e. The highest BCUT2D eigenvalue weighted by atomic mass is 15.1. The average molecular weight is 227 g/mol. The van der Waals surface area contributed by atoms with Crippen LogP contribution in [-0.2, 0) is 6.54 Å². The molecule has 0 spiro atoms. The topological polar surface area (TPSA) is 37.8 Å². The van der Waals surface area contributed by atoms with Crippen LogP contribution >= 0.6 is 0 Å². The lowest BCUT2D eigenvalue weighted by Crippen LogP contribution is -2.06. The molecule has 0 aliphatic carbocycles. The highest BCUT2D eigenvalue weighted by Gasteiger charge is 2.03. The van der Waals surface area contributed by atoms with Crippen molar-refractivity contribution in [2.45, 2.75) is 27.3 Å². The number of nitrogens with zero attached hydrogens (tertiary/aromatic N) is 2. The van der Waals surface area contributed by atoms with Gasteiger partial charge in [-0.2, -0.15) is 0 Å². The van der Waals surface area contributed by atoms with Crippen LogP contribution < -0.4 is 5.32 Å². The third-order valence-corrected chi connectivity index (χ3v) is 2.93. The van der Waals surface area contributed by atoms with Gasteiger partial charge >= 0.3 is 0 Å². The zero-order chi connectivity index (χ0) is 12.3. The van der Waals surface area contributed by atoms with E-state index in [0.717, 1.165) is 23.5 Å². The van der Waals surface area contributed by atoms with Crippen LogP contribution in [0.3, 0.4) is 0 Å². The molecule has 3 nitrogen and oxygen atoms in total. The van der Waals surface area contributed by atoms with Gasteiger partial charge in [-0.05, 0) is 31.9 Å². The van der Waals surface area contributed by atoms with Crippen LogP contribution in [0.25, 0.3) is 0 Å². The van der Waals surface area contributed by atoms with E-state index in [0.29, 0.717) is 5.95 Å². The van der Waals surface area contributed by atoms with Crippen LogP contribution in [-0.4, -0.2) is 9.97 Å². The van der Waals surface area contributed by atoms with E-state index in [1.807, 2.05) is 39.0 Å². The Morgan fingerprint density at radius 1 is 0.941 bits per heavy atom. The highest BCUT2D eigenvalue weighted by molar-refractivity contribution is 5.34. The number of rotatable bonds is 3. The first-order chi connectivity index (χ1) is 8.16. The molecular formula is C14H17N3. The molecule has 0 bridgehead atoms. The van der Waals surface area contributed by atoms with Gasteiger partial charge in [-0.3, -0.25) is 0 Å². The number of hydrogen-bond donors (Lipinski definition) is 1. The molecule has 0 saturated carbocycles. The fraction of sp³-hybridized carbons (Fsp3) is 0.286. The summed E-state index contributed by atoms with van der Waals surface area (Å²) in [7, 11) is 0. The molecule has 0 unspecified atom stereocenters. The third-order valence-electron chi connectivity index (χ3n) is 2.93. The number of aromatic nitrogens is 2. The molecule has 1 aromatic carbocycles. The fourth-order valence-electron chi connectivity index (χ4n) is 1.63. The number of hydrogen-bond acceptors (Lipinski definition) is 3. The summed E-state index contributed by atoms with van der Waals surface area (Å²) in [5.74, 6) is 0.703. The second-order valence-corrected chi connectivity index (χ2v) is 4.18. The van der Waals surface area contributed by atoms with Gasteiger partial charge < -0.3 is 5.32 Å². The molecule has 17 heavy (non-hydrogen) atoms. The lowest BCUT2D eigenvalue weighted by molar-refractivity contribution is 0.979. The average Bonchev–Trinajstić information content (AvgIpc) is 2.34. The Balaban J connectivity index is 2.10. The Morgan fingerprint density at radius 3 is 2.12 bits per heavy atom. The van der Waals surface area contributed by atoms with E-state index in [9.17, 15) is 0 Å². The van der Waals surface area contributed by atoms with Crippen molar-refractivity contribution >= 4 is 5.95 Å². The Bertz CT molecular complexity index is 483. The Kier molecular flexibility index (Phi) is 3.38. The molecule has 0 fully saturated rings. The van der Waals surface area contributed by atoms with Gasteiger partial charge in [0.1, 0.15) is 0 Å². The zero-order valence-corrected chi connectivity index (χ0v) is 10.5. The predicted molar refractivity (Wildman–Crippen MR) is 70.0 cm³/mol. The van der Waals surface area contributed by atoms with Gasteiger partial charge in [0.2, 0.25) is 5.95 Å². The maximum absolute atomic E-state index is 4.43. The number of anilines is 1. The summed E-state index contributed by atoms with van der Waals surface area (Å²) in [5.41, 5.74) is 4.46. The molecule has 0 radical (unpaired) electrons. The molecule has 0 atom stereocenters. The summed E-state index contributed by atoms with van der Waals surface area (Å²) in [5, 5.41) is 3.25. The van der Waals surface area contributed by atoms with E-state index in [2.05, 4.69) is 27.4 Å². The van der Waals surface area contributed by atoms with Gasteiger partial charge in [0.25, 0.3) is 0 Å². The predicted octanol–water partition coefficient (Wildman–Crippen LogP) is 3.01. The molecule has 0 amide bonds. The molecule has 88 valence electrons. The summed E-state index contributed by atoms with van der Waals surface area (Å²) in [4.78, 5) is 8.85. The Labute approximate surface area is 102 Å². The molecule has 0 aliphatic heterocycles. The Hall–Kier alpha value is -1.90. The monoisotopic (exact) mass is 227 g/mol. The van der Waals surface area contributed by atoms with Crippen molar-refractivity contribution in [3.05, 3.63) is 52.8 Å². The Morgan fingerprint density at radius 2 is 1.53 bits per heavy atom. The minimum absolute atomic E-state index is 0.703. The minimum Gasteiger partial charge on any atom is -0.350 e. The second kappa shape index (κ2) is 4.95. The lowest BCUT2D eigenvalue weighted by atomic mass is 10.2. The lowest BCUT2D eigenvalue weighted by Gasteiger charge is -2.09. The number of aryl methyl sites for hydroxylation is 2. The third kappa shape index (κ3) is 2.81. The van der Waals surface area contributed by atoms with Crippen molar-refractivity contribution in [2.75, 3.05) is 5.32 Å². The molecule has 2 rings (SSSR count). The molecule has 0 aliphatic rings. The summed E-state index contributed by atoms with van der Waals surface area (Å²) in [6.45, 7) is 6.82. The molecule has 1 aromatic heterocycles. The van der Waals surface area contributed by atoms with Crippen molar-refractivity contribution in [3.8, 4) is 0 Å². The molecule has 0 saturated heterocycles. The van der Waals surface area contributed by atoms with E-state index in [4.69, 9.17) is 0 Å². The largest absolute Gasteiger partial charge is 0.350 e. The van der Waals surface area contributed by atoms with E-state index in [-0.39, 0.29) is 0 Å². The second-order valence-electron chi connectivity index (χ2n) is 4.18. The van der Waals surface area contributed by atoms with Crippen molar-refractivity contribution in [2.24, 2.45) is 0 Å². The molecule has 1 N–H and O–H groups in total. The van der Waals surface area contributed by atoms with Gasteiger partial charge in [0.15, 0.2) is 0 Å². The molecule has 3 heteroatoms. The van der Waals surface area contributed by atoms with Crippen LogP contribution in [0.2, 0.25) is 0 Å². The first kappa shape index (κ1) is 11.6.